The molecular formula is C20H25N5O3S. The van der Waals surface area contributed by atoms with E-state index in [1.807, 2.05) is 30.7 Å². The summed E-state index contributed by atoms with van der Waals surface area (Å²) >= 11 is 1.60. The van der Waals surface area contributed by atoms with E-state index >= 15 is 0 Å². The summed E-state index contributed by atoms with van der Waals surface area (Å²) in [5.74, 6) is 0.140. The third-order valence-corrected chi connectivity index (χ3v) is 6.53. The minimum atomic E-state index is -0.771. The number of nitrogens with one attached hydrogen (secondary N) is 1. The topological polar surface area (TPSA) is 96.7 Å². The fourth-order valence-corrected chi connectivity index (χ4v) is 4.86. The van der Waals surface area contributed by atoms with Gasteiger partial charge in [-0.15, -0.1) is 10.2 Å². The third-order valence-electron chi connectivity index (χ3n) is 5.89. The number of likely N-dealkylation sites (tertiary alicyclic amines) is 1. The molecule has 29 heavy (non-hydrogen) atoms. The fraction of sp³-hybridized carbons (Fsp3) is 0.550. The zero-order valence-electron chi connectivity index (χ0n) is 16.4. The van der Waals surface area contributed by atoms with Crippen LogP contribution in [0.3, 0.4) is 0 Å². The number of nitrogens with zero attached hydrogens (tertiary/aromatic N) is 4. The quantitative estimate of drug-likeness (QED) is 0.691. The van der Waals surface area contributed by atoms with Gasteiger partial charge in [0.05, 0.1) is 18.4 Å². The molecule has 1 saturated carbocycles. The van der Waals surface area contributed by atoms with Crippen LogP contribution in [0.15, 0.2) is 24.4 Å². The molecule has 1 aliphatic heterocycles. The van der Waals surface area contributed by atoms with Crippen LogP contribution >= 0.6 is 11.8 Å². The monoisotopic (exact) mass is 415 g/mol. The van der Waals surface area contributed by atoms with E-state index in [1.165, 1.54) is 4.90 Å². The number of thioether (sulfide) groups is 1. The highest BCUT2D eigenvalue weighted by Crippen LogP contribution is 2.39. The van der Waals surface area contributed by atoms with Gasteiger partial charge in [0.2, 0.25) is 17.7 Å². The van der Waals surface area contributed by atoms with E-state index in [2.05, 4.69) is 15.5 Å². The first-order chi connectivity index (χ1) is 14.1. The van der Waals surface area contributed by atoms with Crippen LogP contribution in [0, 0.1) is 11.8 Å². The highest BCUT2D eigenvalue weighted by atomic mass is 32.2. The van der Waals surface area contributed by atoms with Gasteiger partial charge in [0, 0.05) is 6.20 Å². The largest absolute Gasteiger partial charge is 0.347 e. The summed E-state index contributed by atoms with van der Waals surface area (Å²) in [5.41, 5.74) is 0.699. The van der Waals surface area contributed by atoms with Crippen LogP contribution in [0.1, 0.15) is 37.9 Å². The number of hydrogen-bond donors (Lipinski definition) is 1. The first kappa shape index (κ1) is 19.9. The van der Waals surface area contributed by atoms with E-state index in [-0.39, 0.29) is 36.1 Å². The van der Waals surface area contributed by atoms with Crippen molar-refractivity contribution in [2.45, 2.75) is 44.7 Å². The van der Waals surface area contributed by atoms with E-state index in [1.54, 1.807) is 16.2 Å². The Kier molecular flexibility index (Phi) is 5.84. The molecule has 0 unspecified atom stereocenters. The van der Waals surface area contributed by atoms with E-state index in [0.717, 1.165) is 25.7 Å². The first-order valence-electron chi connectivity index (χ1n) is 10.0. The summed E-state index contributed by atoms with van der Waals surface area (Å²) in [7, 11) is 0. The number of imide groups is 1. The van der Waals surface area contributed by atoms with Gasteiger partial charge in [0.1, 0.15) is 6.04 Å². The first-order valence-corrected chi connectivity index (χ1v) is 11.4. The van der Waals surface area contributed by atoms with Crippen molar-refractivity contribution < 1.29 is 14.4 Å². The number of amides is 3. The van der Waals surface area contributed by atoms with Crippen molar-refractivity contribution in [3.63, 3.8) is 0 Å². The number of pyridine rings is 1. The van der Waals surface area contributed by atoms with Crippen LogP contribution in [-0.4, -0.2) is 55.3 Å². The van der Waals surface area contributed by atoms with E-state index in [4.69, 9.17) is 0 Å². The lowest BCUT2D eigenvalue weighted by Gasteiger charge is -2.25. The molecule has 3 atom stereocenters. The molecular weight excluding hydrogens is 390 g/mol. The molecule has 8 nitrogen and oxygen atoms in total. The molecule has 3 amide bonds. The van der Waals surface area contributed by atoms with Crippen LogP contribution in [-0.2, 0) is 20.9 Å². The molecule has 2 aromatic rings. The van der Waals surface area contributed by atoms with Gasteiger partial charge in [-0.1, -0.05) is 18.9 Å². The zero-order chi connectivity index (χ0) is 20.4. The van der Waals surface area contributed by atoms with Crippen LogP contribution in [0.2, 0.25) is 0 Å². The van der Waals surface area contributed by atoms with Gasteiger partial charge < -0.3 is 5.32 Å². The molecule has 0 spiro atoms. The molecule has 1 saturated heterocycles. The van der Waals surface area contributed by atoms with Crippen molar-refractivity contribution in [3.8, 4) is 0 Å². The number of rotatable bonds is 7. The maximum atomic E-state index is 13.0. The Bertz CT molecular complexity index is 906. The van der Waals surface area contributed by atoms with Gasteiger partial charge in [-0.25, -0.2) is 0 Å². The lowest BCUT2D eigenvalue weighted by molar-refractivity contribution is -0.148. The number of hydrogen-bond acceptors (Lipinski definition) is 6. The summed E-state index contributed by atoms with van der Waals surface area (Å²) in [5, 5.41) is 11.1. The maximum Gasteiger partial charge on any atom is 0.243 e. The van der Waals surface area contributed by atoms with Crippen molar-refractivity contribution >= 4 is 35.1 Å². The number of carbonyl (C=O) groups excluding carboxylic acids is 3. The van der Waals surface area contributed by atoms with E-state index in [0.29, 0.717) is 23.6 Å². The van der Waals surface area contributed by atoms with Crippen LogP contribution in [0.5, 0.6) is 0 Å². The zero-order valence-corrected chi connectivity index (χ0v) is 17.2. The second kappa shape index (κ2) is 8.52. The number of aromatic nitrogens is 3. The predicted octanol–water partition coefficient (Wildman–Crippen LogP) is 1.64. The number of carbonyl (C=O) groups is 3. The second-order valence-electron chi connectivity index (χ2n) is 7.60. The van der Waals surface area contributed by atoms with Crippen LogP contribution < -0.4 is 5.32 Å². The summed E-state index contributed by atoms with van der Waals surface area (Å²) in [6.07, 6.45) is 7.66. The Morgan fingerprint density at radius 2 is 1.93 bits per heavy atom. The normalized spacial score (nSPS) is 22.7. The van der Waals surface area contributed by atoms with Crippen molar-refractivity contribution in [1.82, 2.24) is 24.8 Å². The van der Waals surface area contributed by atoms with Crippen molar-refractivity contribution in [3.05, 3.63) is 30.2 Å². The highest BCUT2D eigenvalue weighted by molar-refractivity contribution is 7.98. The van der Waals surface area contributed by atoms with Gasteiger partial charge in [0.15, 0.2) is 11.5 Å². The molecule has 154 valence electrons. The predicted molar refractivity (Wildman–Crippen MR) is 109 cm³/mol. The lowest BCUT2D eigenvalue weighted by Crippen LogP contribution is -2.50. The fourth-order valence-electron chi connectivity index (χ4n) is 4.40. The van der Waals surface area contributed by atoms with Gasteiger partial charge >= 0.3 is 0 Å². The van der Waals surface area contributed by atoms with Crippen molar-refractivity contribution in [1.29, 1.82) is 0 Å². The Hall–Kier alpha value is -2.42. The third kappa shape index (κ3) is 3.75. The summed E-state index contributed by atoms with van der Waals surface area (Å²) in [6.45, 7) is 0.183. The SMILES string of the molecule is CSCC[C@@H](C(=O)NCc1nnc2ccccn12)N1C(=O)[C@H]2CCCC[C@H]2C1=O. The Balaban J connectivity index is 1.50. The molecule has 2 aliphatic rings. The highest BCUT2D eigenvalue weighted by Gasteiger charge is 2.51. The van der Waals surface area contributed by atoms with Crippen molar-refractivity contribution in [2.24, 2.45) is 11.8 Å². The van der Waals surface area contributed by atoms with E-state index < -0.39 is 6.04 Å². The van der Waals surface area contributed by atoms with Crippen LogP contribution in [0.25, 0.3) is 5.65 Å². The molecule has 4 rings (SSSR count). The van der Waals surface area contributed by atoms with Gasteiger partial charge in [0.25, 0.3) is 0 Å². The van der Waals surface area contributed by atoms with Crippen LogP contribution in [0.4, 0.5) is 0 Å². The molecule has 0 bridgehead atoms. The van der Waals surface area contributed by atoms with Crippen molar-refractivity contribution in [2.75, 3.05) is 12.0 Å². The Labute approximate surface area is 173 Å². The van der Waals surface area contributed by atoms with E-state index in [9.17, 15) is 14.4 Å². The average molecular weight is 416 g/mol. The Morgan fingerprint density at radius 1 is 1.21 bits per heavy atom. The van der Waals surface area contributed by atoms with Gasteiger partial charge in [-0.2, -0.15) is 11.8 Å². The molecule has 1 N–H and O–H groups in total. The molecule has 3 heterocycles. The molecule has 2 aromatic heterocycles. The molecule has 2 fully saturated rings. The standard InChI is InChI=1S/C20H25N5O3S/c1-29-11-9-15(25-19(27)13-6-2-3-7-14(13)20(25)28)18(26)21-12-17-23-22-16-8-4-5-10-24(16)17/h4-5,8,10,13-15H,2-3,6-7,9,11-12H2,1H3,(H,21,26)/t13-,14+,15-/m0/s1. The maximum absolute atomic E-state index is 13.0. The average Bonchev–Trinajstić information content (AvgIpc) is 3.27. The second-order valence-corrected chi connectivity index (χ2v) is 8.59. The molecule has 9 heteroatoms. The Morgan fingerprint density at radius 3 is 2.62 bits per heavy atom. The van der Waals surface area contributed by atoms with Gasteiger partial charge in [-0.3, -0.25) is 23.7 Å². The summed E-state index contributed by atoms with van der Waals surface area (Å²) in [6, 6.07) is 4.80. The minimum absolute atomic E-state index is 0.172. The lowest BCUT2D eigenvalue weighted by atomic mass is 9.81. The minimum Gasteiger partial charge on any atom is -0.347 e. The summed E-state index contributed by atoms with van der Waals surface area (Å²) in [4.78, 5) is 40.2. The number of fused-ring (bicyclic) bond motifs is 2. The van der Waals surface area contributed by atoms with Gasteiger partial charge in [-0.05, 0) is 43.4 Å². The summed E-state index contributed by atoms with van der Waals surface area (Å²) < 4.78 is 1.80. The molecule has 0 aromatic carbocycles. The molecule has 0 radical (unpaired) electrons. The smallest absolute Gasteiger partial charge is 0.243 e. The molecule has 1 aliphatic carbocycles.